The summed E-state index contributed by atoms with van der Waals surface area (Å²) >= 11 is 1.35. The summed E-state index contributed by atoms with van der Waals surface area (Å²) in [4.78, 5) is 13.9. The minimum Gasteiger partial charge on any atom is -0.372 e. The standard InChI is InChI=1S/C10H17N5O2S/c1-7-4-15(5-8(2)17-7)9(16)6-18-10-11-12-13-14(10)3/h7-8H,4-6H2,1-3H3/t7-,8-/m1/s1. The molecule has 0 spiro atoms. The quantitative estimate of drug-likeness (QED) is 0.717. The highest BCUT2D eigenvalue weighted by Gasteiger charge is 2.25. The molecule has 0 radical (unpaired) electrons. The van der Waals surface area contributed by atoms with E-state index in [1.807, 2.05) is 18.7 Å². The van der Waals surface area contributed by atoms with Crippen molar-refractivity contribution >= 4 is 17.7 Å². The van der Waals surface area contributed by atoms with Gasteiger partial charge >= 0.3 is 0 Å². The van der Waals surface area contributed by atoms with E-state index in [9.17, 15) is 4.79 Å². The number of tetrazole rings is 1. The van der Waals surface area contributed by atoms with Crippen LogP contribution < -0.4 is 0 Å². The summed E-state index contributed by atoms with van der Waals surface area (Å²) in [6, 6.07) is 0. The maximum Gasteiger partial charge on any atom is 0.233 e. The fourth-order valence-electron chi connectivity index (χ4n) is 1.94. The molecule has 1 fully saturated rings. The predicted molar refractivity (Wildman–Crippen MR) is 66.1 cm³/mol. The third-order valence-electron chi connectivity index (χ3n) is 2.68. The van der Waals surface area contributed by atoms with Crippen molar-refractivity contribution in [1.82, 2.24) is 25.1 Å². The van der Waals surface area contributed by atoms with Crippen molar-refractivity contribution in [3.63, 3.8) is 0 Å². The van der Waals surface area contributed by atoms with E-state index in [1.54, 1.807) is 11.7 Å². The van der Waals surface area contributed by atoms with Gasteiger partial charge in [-0.1, -0.05) is 11.8 Å². The maximum atomic E-state index is 12.1. The number of aryl methyl sites for hydroxylation is 1. The van der Waals surface area contributed by atoms with Gasteiger partial charge in [-0.3, -0.25) is 4.79 Å². The van der Waals surface area contributed by atoms with E-state index in [0.29, 0.717) is 24.0 Å². The third kappa shape index (κ3) is 3.20. The van der Waals surface area contributed by atoms with Crippen LogP contribution in [0, 0.1) is 0 Å². The van der Waals surface area contributed by atoms with Gasteiger partial charge in [-0.15, -0.1) is 5.10 Å². The number of nitrogens with zero attached hydrogens (tertiary/aromatic N) is 5. The summed E-state index contributed by atoms with van der Waals surface area (Å²) in [5.41, 5.74) is 0. The Morgan fingerprint density at radius 1 is 1.44 bits per heavy atom. The van der Waals surface area contributed by atoms with Crippen LogP contribution in [0.25, 0.3) is 0 Å². The van der Waals surface area contributed by atoms with Gasteiger partial charge in [-0.2, -0.15) is 0 Å². The van der Waals surface area contributed by atoms with E-state index in [2.05, 4.69) is 15.5 Å². The minimum absolute atomic E-state index is 0.0965. The van der Waals surface area contributed by atoms with Gasteiger partial charge < -0.3 is 9.64 Å². The number of morpholine rings is 1. The van der Waals surface area contributed by atoms with Gasteiger partial charge in [0.25, 0.3) is 0 Å². The smallest absolute Gasteiger partial charge is 0.233 e. The highest BCUT2D eigenvalue weighted by atomic mass is 32.2. The number of ether oxygens (including phenoxy) is 1. The van der Waals surface area contributed by atoms with Crippen LogP contribution >= 0.6 is 11.8 Å². The van der Waals surface area contributed by atoms with E-state index in [0.717, 1.165) is 0 Å². The van der Waals surface area contributed by atoms with Crippen molar-refractivity contribution in [1.29, 1.82) is 0 Å². The molecule has 0 bridgehead atoms. The van der Waals surface area contributed by atoms with Gasteiger partial charge in [-0.05, 0) is 24.3 Å². The Hall–Kier alpha value is -1.15. The number of hydrogen-bond donors (Lipinski definition) is 0. The van der Waals surface area contributed by atoms with Crippen molar-refractivity contribution in [3.8, 4) is 0 Å². The molecule has 2 atom stereocenters. The first kappa shape index (κ1) is 13.3. The van der Waals surface area contributed by atoms with Gasteiger partial charge in [0, 0.05) is 20.1 Å². The lowest BCUT2D eigenvalue weighted by molar-refractivity contribution is -0.140. The lowest BCUT2D eigenvalue weighted by atomic mass is 10.2. The molecule has 1 saturated heterocycles. The zero-order valence-corrected chi connectivity index (χ0v) is 11.6. The number of thioether (sulfide) groups is 1. The molecule has 2 heterocycles. The molecule has 8 heteroatoms. The maximum absolute atomic E-state index is 12.1. The Bertz CT molecular complexity index is 414. The van der Waals surface area contributed by atoms with Crippen molar-refractivity contribution in [2.24, 2.45) is 7.05 Å². The first-order chi connectivity index (χ1) is 8.56. The Morgan fingerprint density at radius 3 is 2.67 bits per heavy atom. The van der Waals surface area contributed by atoms with Crippen LogP contribution in [-0.2, 0) is 16.6 Å². The second kappa shape index (κ2) is 5.66. The predicted octanol–water partition coefficient (Wildman–Crippen LogP) is -0.0620. The molecule has 1 aliphatic rings. The highest BCUT2D eigenvalue weighted by molar-refractivity contribution is 7.99. The number of carbonyl (C=O) groups excluding carboxylic acids is 1. The highest BCUT2D eigenvalue weighted by Crippen LogP contribution is 2.16. The summed E-state index contributed by atoms with van der Waals surface area (Å²) in [5.74, 6) is 0.457. The van der Waals surface area contributed by atoms with Crippen LogP contribution in [0.15, 0.2) is 5.16 Å². The van der Waals surface area contributed by atoms with E-state index in [1.165, 1.54) is 11.8 Å². The molecule has 0 unspecified atom stereocenters. The first-order valence-corrected chi connectivity index (χ1v) is 6.83. The topological polar surface area (TPSA) is 73.1 Å². The largest absolute Gasteiger partial charge is 0.372 e. The fourth-order valence-corrected chi connectivity index (χ4v) is 2.70. The zero-order valence-electron chi connectivity index (χ0n) is 10.7. The lowest BCUT2D eigenvalue weighted by Gasteiger charge is -2.35. The van der Waals surface area contributed by atoms with Gasteiger partial charge in [-0.25, -0.2) is 4.68 Å². The number of hydrogen-bond acceptors (Lipinski definition) is 6. The Labute approximate surface area is 110 Å². The van der Waals surface area contributed by atoms with Crippen LogP contribution in [0.3, 0.4) is 0 Å². The average Bonchev–Trinajstić information content (AvgIpc) is 2.70. The molecule has 0 saturated carbocycles. The lowest BCUT2D eigenvalue weighted by Crippen LogP contribution is -2.48. The number of carbonyl (C=O) groups is 1. The molecule has 100 valence electrons. The molecule has 1 aromatic rings. The summed E-state index contributed by atoms with van der Waals surface area (Å²) in [6.45, 7) is 5.27. The van der Waals surface area contributed by atoms with E-state index in [4.69, 9.17) is 4.74 Å². The van der Waals surface area contributed by atoms with Crippen LogP contribution in [0.2, 0.25) is 0 Å². The van der Waals surface area contributed by atoms with Crippen LogP contribution in [0.1, 0.15) is 13.8 Å². The molecular formula is C10H17N5O2S. The number of aromatic nitrogens is 4. The summed E-state index contributed by atoms with van der Waals surface area (Å²) in [7, 11) is 1.76. The zero-order chi connectivity index (χ0) is 13.1. The van der Waals surface area contributed by atoms with Crippen molar-refractivity contribution in [3.05, 3.63) is 0 Å². The monoisotopic (exact) mass is 271 g/mol. The fraction of sp³-hybridized carbons (Fsp3) is 0.800. The average molecular weight is 271 g/mol. The van der Waals surface area contributed by atoms with Crippen molar-refractivity contribution < 1.29 is 9.53 Å². The molecule has 7 nitrogen and oxygen atoms in total. The van der Waals surface area contributed by atoms with Crippen LogP contribution in [0.5, 0.6) is 0 Å². The minimum atomic E-state index is 0.0965. The van der Waals surface area contributed by atoms with Crippen LogP contribution in [-0.4, -0.2) is 62.1 Å². The SMILES string of the molecule is C[C@@H]1CN(C(=O)CSc2nnnn2C)C[C@@H](C)O1. The Balaban J connectivity index is 1.86. The molecule has 1 aromatic heterocycles. The van der Waals surface area contributed by atoms with E-state index >= 15 is 0 Å². The van der Waals surface area contributed by atoms with Gasteiger partial charge in [0.1, 0.15) is 0 Å². The first-order valence-electron chi connectivity index (χ1n) is 5.84. The molecule has 2 rings (SSSR count). The molecule has 1 aliphatic heterocycles. The molecule has 0 aliphatic carbocycles. The summed E-state index contributed by atoms with van der Waals surface area (Å²) < 4.78 is 7.16. The Kier molecular flexibility index (Phi) is 4.18. The van der Waals surface area contributed by atoms with Gasteiger partial charge in [0.05, 0.1) is 18.0 Å². The van der Waals surface area contributed by atoms with Crippen molar-refractivity contribution in [2.45, 2.75) is 31.2 Å². The molecular weight excluding hydrogens is 254 g/mol. The normalized spacial score (nSPS) is 24.3. The van der Waals surface area contributed by atoms with Gasteiger partial charge in [0.15, 0.2) is 0 Å². The van der Waals surface area contributed by atoms with Crippen molar-refractivity contribution in [2.75, 3.05) is 18.8 Å². The molecule has 0 N–H and O–H groups in total. The summed E-state index contributed by atoms with van der Waals surface area (Å²) in [6.07, 6.45) is 0.193. The molecule has 1 amide bonds. The van der Waals surface area contributed by atoms with Gasteiger partial charge in [0.2, 0.25) is 11.1 Å². The third-order valence-corrected chi connectivity index (χ3v) is 3.67. The second-order valence-corrected chi connectivity index (χ2v) is 5.37. The number of rotatable bonds is 3. The Morgan fingerprint density at radius 2 is 2.11 bits per heavy atom. The second-order valence-electron chi connectivity index (χ2n) is 4.43. The molecule has 18 heavy (non-hydrogen) atoms. The number of amides is 1. The van der Waals surface area contributed by atoms with Crippen LogP contribution in [0.4, 0.5) is 0 Å². The molecule has 0 aromatic carbocycles. The van der Waals surface area contributed by atoms with E-state index in [-0.39, 0.29) is 18.1 Å². The van der Waals surface area contributed by atoms with E-state index < -0.39 is 0 Å². The summed E-state index contributed by atoms with van der Waals surface area (Å²) in [5, 5.41) is 11.7.